The fourth-order valence-electron chi connectivity index (χ4n) is 6.51. The third kappa shape index (κ3) is 9.15. The maximum absolute atomic E-state index is 9.65. The summed E-state index contributed by atoms with van der Waals surface area (Å²) >= 11 is 0. The van der Waals surface area contributed by atoms with Crippen LogP contribution in [0, 0.1) is 23.7 Å². The number of hydrogen-bond acceptors (Lipinski definition) is 2. The highest BCUT2D eigenvalue weighted by Gasteiger charge is 2.31. The number of ether oxygens (including phenoxy) is 1. The topological polar surface area (TPSA) is 29.5 Å². The van der Waals surface area contributed by atoms with Crippen LogP contribution in [0.1, 0.15) is 114 Å². The zero-order chi connectivity index (χ0) is 24.2. The normalized spacial score (nSPS) is 26.3. The van der Waals surface area contributed by atoms with Gasteiger partial charge in [0.15, 0.2) is 0 Å². The lowest BCUT2D eigenvalue weighted by atomic mass is 9.68. The summed E-state index contributed by atoms with van der Waals surface area (Å²) in [5.41, 5.74) is 3.96. The van der Waals surface area contributed by atoms with Crippen molar-refractivity contribution in [3.05, 3.63) is 47.5 Å². The molecule has 0 radical (unpaired) electrons. The van der Waals surface area contributed by atoms with Crippen molar-refractivity contribution in [1.29, 1.82) is 0 Å². The highest BCUT2D eigenvalue weighted by atomic mass is 16.5. The molecule has 1 aromatic rings. The number of unbranched alkanes of at least 4 members (excludes halogenated alkanes) is 2. The zero-order valence-corrected chi connectivity index (χ0v) is 22.3. The minimum Gasteiger partial charge on any atom is -0.396 e. The standard InChI is InChI=1S/C32H52O2/c1-4-5-6-7-26-10-14-29(15-11-26)31-18-20-32(21-19-31)30-16-12-27(13-17-30)8-9-28(22-33)24-34-23-25(2)3/h12-13,16-17,26,28-29,31-33H,2,4-11,14-15,18-24H2,1,3H3. The van der Waals surface area contributed by atoms with Crippen molar-refractivity contribution in [1.82, 2.24) is 0 Å². The quantitative estimate of drug-likeness (QED) is 0.219. The van der Waals surface area contributed by atoms with E-state index in [4.69, 9.17) is 4.74 Å². The van der Waals surface area contributed by atoms with Crippen LogP contribution < -0.4 is 0 Å². The van der Waals surface area contributed by atoms with Gasteiger partial charge in [0, 0.05) is 12.5 Å². The average molecular weight is 469 g/mol. The lowest BCUT2D eigenvalue weighted by Crippen LogP contribution is -2.25. The summed E-state index contributed by atoms with van der Waals surface area (Å²) in [4.78, 5) is 0. The molecule has 2 fully saturated rings. The molecule has 0 aliphatic heterocycles. The Balaban J connectivity index is 1.36. The van der Waals surface area contributed by atoms with Crippen molar-refractivity contribution in [2.75, 3.05) is 19.8 Å². The van der Waals surface area contributed by atoms with Crippen LogP contribution in [0.5, 0.6) is 0 Å². The Labute approximate surface area is 210 Å². The average Bonchev–Trinajstić information content (AvgIpc) is 2.87. The first-order valence-corrected chi connectivity index (χ1v) is 14.5. The van der Waals surface area contributed by atoms with Gasteiger partial charge in [-0.05, 0) is 93.1 Å². The Bertz CT molecular complexity index is 677. The Hall–Kier alpha value is -1.12. The van der Waals surface area contributed by atoms with Crippen LogP contribution in [0.25, 0.3) is 0 Å². The molecule has 192 valence electrons. The predicted molar refractivity (Wildman–Crippen MR) is 145 cm³/mol. The van der Waals surface area contributed by atoms with E-state index in [1.807, 2.05) is 6.92 Å². The Morgan fingerprint density at radius 1 is 0.971 bits per heavy atom. The van der Waals surface area contributed by atoms with Crippen LogP contribution >= 0.6 is 0 Å². The van der Waals surface area contributed by atoms with E-state index in [1.54, 1.807) is 5.56 Å². The van der Waals surface area contributed by atoms with Gasteiger partial charge in [0.25, 0.3) is 0 Å². The van der Waals surface area contributed by atoms with Gasteiger partial charge in [0.2, 0.25) is 0 Å². The molecule has 2 aliphatic rings. The smallest absolute Gasteiger partial charge is 0.0671 e. The van der Waals surface area contributed by atoms with Gasteiger partial charge >= 0.3 is 0 Å². The van der Waals surface area contributed by atoms with E-state index in [-0.39, 0.29) is 12.5 Å². The van der Waals surface area contributed by atoms with E-state index in [0.717, 1.165) is 42.1 Å². The monoisotopic (exact) mass is 468 g/mol. The highest BCUT2D eigenvalue weighted by Crippen LogP contribution is 2.44. The molecule has 2 aliphatic carbocycles. The molecular formula is C32H52O2. The van der Waals surface area contributed by atoms with Crippen LogP contribution in [0.4, 0.5) is 0 Å². The summed E-state index contributed by atoms with van der Waals surface area (Å²) in [6.07, 6.45) is 19.4. The molecule has 0 heterocycles. The number of rotatable bonds is 14. The number of benzene rings is 1. The van der Waals surface area contributed by atoms with Crippen molar-refractivity contribution in [3.8, 4) is 0 Å². The first kappa shape index (κ1) is 27.5. The summed E-state index contributed by atoms with van der Waals surface area (Å²) in [6.45, 7) is 9.57. The molecule has 0 bridgehead atoms. The number of aryl methyl sites for hydroxylation is 1. The maximum atomic E-state index is 9.65. The molecular weight excluding hydrogens is 416 g/mol. The van der Waals surface area contributed by atoms with Crippen LogP contribution in [0.2, 0.25) is 0 Å². The van der Waals surface area contributed by atoms with Gasteiger partial charge in [-0.25, -0.2) is 0 Å². The molecule has 0 amide bonds. The Morgan fingerprint density at radius 3 is 2.21 bits per heavy atom. The Morgan fingerprint density at radius 2 is 1.62 bits per heavy atom. The fraction of sp³-hybridized carbons (Fsp3) is 0.750. The number of hydrogen-bond donors (Lipinski definition) is 1. The molecule has 2 heteroatoms. The summed E-state index contributed by atoms with van der Waals surface area (Å²) < 4.78 is 5.65. The van der Waals surface area contributed by atoms with E-state index in [9.17, 15) is 5.11 Å². The number of aliphatic hydroxyl groups excluding tert-OH is 1. The minimum absolute atomic E-state index is 0.192. The van der Waals surface area contributed by atoms with Gasteiger partial charge in [0.05, 0.1) is 13.2 Å². The summed E-state index contributed by atoms with van der Waals surface area (Å²) in [7, 11) is 0. The second kappa shape index (κ2) is 15.1. The molecule has 0 spiro atoms. The van der Waals surface area contributed by atoms with Crippen molar-refractivity contribution in [2.45, 2.75) is 110 Å². The van der Waals surface area contributed by atoms with E-state index >= 15 is 0 Å². The largest absolute Gasteiger partial charge is 0.396 e. The van der Waals surface area contributed by atoms with E-state index in [2.05, 4.69) is 37.8 Å². The third-order valence-corrected chi connectivity index (χ3v) is 8.80. The molecule has 1 unspecified atom stereocenters. The first-order valence-electron chi connectivity index (χ1n) is 14.5. The van der Waals surface area contributed by atoms with Crippen molar-refractivity contribution < 1.29 is 9.84 Å². The van der Waals surface area contributed by atoms with Gasteiger partial charge in [0.1, 0.15) is 0 Å². The molecule has 1 N–H and O–H groups in total. The van der Waals surface area contributed by atoms with Crippen LogP contribution in [0.15, 0.2) is 36.4 Å². The SMILES string of the molecule is C=C(C)COCC(CO)CCc1ccc(C2CCC(C3CCC(CCCCC)CC3)CC2)cc1. The van der Waals surface area contributed by atoms with Crippen molar-refractivity contribution in [2.24, 2.45) is 23.7 Å². The maximum Gasteiger partial charge on any atom is 0.0671 e. The van der Waals surface area contributed by atoms with Crippen LogP contribution in [0.3, 0.4) is 0 Å². The van der Waals surface area contributed by atoms with Gasteiger partial charge in [-0.1, -0.05) is 81.9 Å². The number of aliphatic hydroxyl groups is 1. The molecule has 0 aromatic heterocycles. The Kier molecular flexibility index (Phi) is 12.2. The van der Waals surface area contributed by atoms with Gasteiger partial charge < -0.3 is 9.84 Å². The second-order valence-corrected chi connectivity index (χ2v) is 11.7. The van der Waals surface area contributed by atoms with Gasteiger partial charge in [-0.3, -0.25) is 0 Å². The van der Waals surface area contributed by atoms with Crippen LogP contribution in [-0.2, 0) is 11.2 Å². The van der Waals surface area contributed by atoms with Crippen molar-refractivity contribution >= 4 is 0 Å². The molecule has 2 saturated carbocycles. The van der Waals surface area contributed by atoms with Crippen molar-refractivity contribution in [3.63, 3.8) is 0 Å². The van der Waals surface area contributed by atoms with Gasteiger partial charge in [-0.15, -0.1) is 0 Å². The molecule has 3 rings (SSSR count). The van der Waals surface area contributed by atoms with Gasteiger partial charge in [-0.2, -0.15) is 0 Å². The van der Waals surface area contributed by atoms with E-state index in [1.165, 1.54) is 82.6 Å². The first-order chi connectivity index (χ1) is 16.6. The predicted octanol–water partition coefficient (Wildman–Crippen LogP) is 8.48. The lowest BCUT2D eigenvalue weighted by Gasteiger charge is -2.38. The molecule has 2 nitrogen and oxygen atoms in total. The summed E-state index contributed by atoms with van der Waals surface area (Å²) in [5.74, 6) is 4.02. The highest BCUT2D eigenvalue weighted by molar-refractivity contribution is 5.26. The van der Waals surface area contributed by atoms with E-state index < -0.39 is 0 Å². The van der Waals surface area contributed by atoms with E-state index in [0.29, 0.717) is 13.2 Å². The lowest BCUT2D eigenvalue weighted by molar-refractivity contribution is 0.0825. The summed E-state index contributed by atoms with van der Waals surface area (Å²) in [6, 6.07) is 9.41. The third-order valence-electron chi connectivity index (χ3n) is 8.80. The summed E-state index contributed by atoms with van der Waals surface area (Å²) in [5, 5.41) is 9.65. The molecule has 1 atom stereocenters. The molecule has 0 saturated heterocycles. The molecule has 34 heavy (non-hydrogen) atoms. The molecule has 1 aromatic carbocycles. The minimum atomic E-state index is 0.192. The van der Waals surface area contributed by atoms with Crippen LogP contribution in [-0.4, -0.2) is 24.9 Å². The second-order valence-electron chi connectivity index (χ2n) is 11.7. The fourth-order valence-corrected chi connectivity index (χ4v) is 6.51. The zero-order valence-electron chi connectivity index (χ0n) is 22.3.